The maximum atomic E-state index is 4.62. The molecule has 232 valence electrons. The van der Waals surface area contributed by atoms with Gasteiger partial charge in [-0.25, -0.2) is 14.5 Å². The Kier molecular flexibility index (Phi) is 6.98. The zero-order chi connectivity index (χ0) is 32.6. The van der Waals surface area contributed by atoms with Crippen LogP contribution in [0.15, 0.2) is 176 Å². The van der Waals surface area contributed by atoms with Crippen LogP contribution in [0.5, 0.6) is 0 Å². The smallest absolute Gasteiger partial charge is 0.237 e. The molecule has 7 nitrogen and oxygen atoms in total. The van der Waals surface area contributed by atoms with Crippen molar-refractivity contribution in [3.8, 4) is 34.4 Å². The predicted molar refractivity (Wildman–Crippen MR) is 197 cm³/mol. The second-order valence-electron chi connectivity index (χ2n) is 11.7. The minimum absolute atomic E-state index is 0.514. The van der Waals surface area contributed by atoms with Crippen LogP contribution in [0.4, 0.5) is 17.1 Å². The van der Waals surface area contributed by atoms with Crippen molar-refractivity contribution in [1.82, 2.24) is 29.3 Å². The minimum atomic E-state index is 0.514. The van der Waals surface area contributed by atoms with Crippen molar-refractivity contribution in [3.63, 3.8) is 0 Å². The van der Waals surface area contributed by atoms with E-state index in [2.05, 4.69) is 151 Å². The van der Waals surface area contributed by atoms with E-state index in [0.29, 0.717) is 17.6 Å². The Balaban J connectivity index is 1.12. The van der Waals surface area contributed by atoms with E-state index < -0.39 is 0 Å². The van der Waals surface area contributed by atoms with Crippen molar-refractivity contribution in [2.75, 3.05) is 4.90 Å². The maximum absolute atomic E-state index is 4.62. The average molecular weight is 632 g/mol. The monoisotopic (exact) mass is 631 g/mol. The van der Waals surface area contributed by atoms with Gasteiger partial charge in [0, 0.05) is 57.0 Å². The molecular formula is C42H29N7. The number of nitrogens with zero attached hydrogens (tertiary/aromatic N) is 7. The number of rotatable bonds is 7. The Labute approximate surface area is 283 Å². The van der Waals surface area contributed by atoms with Crippen LogP contribution >= 0.6 is 0 Å². The third-order valence-electron chi connectivity index (χ3n) is 8.79. The average Bonchev–Trinajstić information content (AvgIpc) is 3.77. The van der Waals surface area contributed by atoms with Gasteiger partial charge in [0.25, 0.3) is 0 Å². The van der Waals surface area contributed by atoms with Gasteiger partial charge in [-0.15, -0.1) is 10.2 Å². The summed E-state index contributed by atoms with van der Waals surface area (Å²) in [4.78, 5) is 11.3. The summed E-state index contributed by atoms with van der Waals surface area (Å²) in [5.74, 6) is 1.86. The zero-order valence-corrected chi connectivity index (χ0v) is 26.4. The summed E-state index contributed by atoms with van der Waals surface area (Å²) in [5, 5.41) is 11.7. The van der Waals surface area contributed by atoms with Gasteiger partial charge in [0.1, 0.15) is 0 Å². The number of hydrogen-bond acceptors (Lipinski definition) is 5. The Morgan fingerprint density at radius 3 is 1.45 bits per heavy atom. The molecule has 0 saturated heterocycles. The summed E-state index contributed by atoms with van der Waals surface area (Å²) in [6.07, 6.45) is 3.46. The Hall–Kier alpha value is -6.86. The lowest BCUT2D eigenvalue weighted by Crippen LogP contribution is -2.10. The van der Waals surface area contributed by atoms with Gasteiger partial charge in [-0.3, -0.25) is 0 Å². The van der Waals surface area contributed by atoms with Crippen LogP contribution < -0.4 is 4.90 Å². The summed E-state index contributed by atoms with van der Waals surface area (Å²) in [6, 6.07) is 56.6. The van der Waals surface area contributed by atoms with E-state index in [4.69, 9.17) is 0 Å². The first-order chi connectivity index (χ1) is 24.3. The highest BCUT2D eigenvalue weighted by Crippen LogP contribution is 2.38. The van der Waals surface area contributed by atoms with Gasteiger partial charge in [0.15, 0.2) is 11.6 Å². The third kappa shape index (κ3) is 5.01. The Morgan fingerprint density at radius 1 is 0.388 bits per heavy atom. The largest absolute Gasteiger partial charge is 0.311 e. The molecule has 0 bridgehead atoms. The summed E-state index contributed by atoms with van der Waals surface area (Å²) in [5.41, 5.74) is 8.46. The van der Waals surface area contributed by atoms with Gasteiger partial charge in [-0.2, -0.15) is 0 Å². The fraction of sp³-hybridized carbons (Fsp3) is 0. The number of fused-ring (bicyclic) bond motifs is 3. The molecule has 0 aliphatic carbocycles. The van der Waals surface area contributed by atoms with Crippen molar-refractivity contribution in [2.45, 2.75) is 0 Å². The van der Waals surface area contributed by atoms with Gasteiger partial charge in [0.2, 0.25) is 5.95 Å². The number of benzene rings is 6. The number of hydrogen-bond donors (Lipinski definition) is 0. The zero-order valence-electron chi connectivity index (χ0n) is 26.4. The van der Waals surface area contributed by atoms with Gasteiger partial charge in [-0.05, 0) is 78.9 Å². The van der Waals surface area contributed by atoms with Gasteiger partial charge in [-0.1, -0.05) is 84.9 Å². The van der Waals surface area contributed by atoms with E-state index in [0.717, 1.165) is 33.9 Å². The van der Waals surface area contributed by atoms with E-state index in [9.17, 15) is 0 Å². The normalized spacial score (nSPS) is 11.3. The molecule has 9 rings (SSSR count). The molecule has 7 heteroatoms. The van der Waals surface area contributed by atoms with E-state index in [-0.39, 0.29) is 0 Å². The molecule has 0 radical (unpaired) electrons. The lowest BCUT2D eigenvalue weighted by atomic mass is 10.1. The molecule has 0 atom stereocenters. The van der Waals surface area contributed by atoms with Gasteiger partial charge in [0.05, 0.1) is 11.0 Å². The molecule has 0 unspecified atom stereocenters. The summed E-state index contributed by atoms with van der Waals surface area (Å²) in [6.45, 7) is 0. The molecule has 0 aliphatic rings. The topological polar surface area (TPSA) is 64.7 Å². The first kappa shape index (κ1) is 28.4. The van der Waals surface area contributed by atoms with Crippen molar-refractivity contribution < 1.29 is 0 Å². The predicted octanol–water partition coefficient (Wildman–Crippen LogP) is 9.96. The molecule has 0 saturated carbocycles. The summed E-state index contributed by atoms with van der Waals surface area (Å²) < 4.78 is 4.25. The van der Waals surface area contributed by atoms with Crippen molar-refractivity contribution in [2.24, 2.45) is 0 Å². The highest BCUT2D eigenvalue weighted by atomic mass is 15.3. The lowest BCUT2D eigenvalue weighted by Gasteiger charge is -2.26. The summed E-state index contributed by atoms with van der Waals surface area (Å²) in [7, 11) is 0. The van der Waals surface area contributed by atoms with Crippen LogP contribution in [0.1, 0.15) is 0 Å². The quantitative estimate of drug-likeness (QED) is 0.175. The molecule has 49 heavy (non-hydrogen) atoms. The second-order valence-corrected chi connectivity index (χ2v) is 11.7. The van der Waals surface area contributed by atoms with Crippen LogP contribution in [0.3, 0.4) is 0 Å². The van der Waals surface area contributed by atoms with Crippen molar-refractivity contribution in [3.05, 3.63) is 176 Å². The van der Waals surface area contributed by atoms with E-state index in [1.807, 2.05) is 41.0 Å². The highest BCUT2D eigenvalue weighted by Gasteiger charge is 2.20. The SMILES string of the molecule is c1ccc(-c2nnc(-c3ccc(N(c4ccccc4)c4ccc(-n5c6ccccc6c6ccccc65)cc4)cc3)n2-c2ncccn2)cc1. The van der Waals surface area contributed by atoms with Gasteiger partial charge >= 0.3 is 0 Å². The molecule has 3 aromatic heterocycles. The molecule has 0 N–H and O–H groups in total. The van der Waals surface area contributed by atoms with Crippen LogP contribution in [0.2, 0.25) is 0 Å². The summed E-state index contributed by atoms with van der Waals surface area (Å²) >= 11 is 0. The molecule has 0 amide bonds. The van der Waals surface area contributed by atoms with Crippen LogP contribution in [-0.2, 0) is 0 Å². The number of aromatic nitrogens is 6. The van der Waals surface area contributed by atoms with Crippen molar-refractivity contribution >= 4 is 38.9 Å². The van der Waals surface area contributed by atoms with Gasteiger partial charge < -0.3 is 9.47 Å². The van der Waals surface area contributed by atoms with Crippen LogP contribution in [0, 0.1) is 0 Å². The molecule has 0 aliphatic heterocycles. The Bertz CT molecular complexity index is 2470. The second kappa shape index (κ2) is 12.1. The first-order valence-corrected chi connectivity index (χ1v) is 16.2. The first-order valence-electron chi connectivity index (χ1n) is 16.2. The fourth-order valence-electron chi connectivity index (χ4n) is 6.58. The minimum Gasteiger partial charge on any atom is -0.311 e. The molecule has 6 aromatic carbocycles. The number of para-hydroxylation sites is 3. The fourth-order valence-corrected chi connectivity index (χ4v) is 6.58. The molecule has 3 heterocycles. The molecule has 0 spiro atoms. The lowest BCUT2D eigenvalue weighted by molar-refractivity contribution is 0.936. The van der Waals surface area contributed by atoms with Crippen LogP contribution in [-0.4, -0.2) is 29.3 Å². The third-order valence-corrected chi connectivity index (χ3v) is 8.79. The number of anilines is 3. The standard InChI is InChI=1S/C42H29N7/c1-3-12-30(13-4-1)40-45-46-41(49(40)42-43-28-11-29-44-42)31-20-22-33(23-21-31)47(32-14-5-2-6-15-32)34-24-26-35(27-25-34)48-38-18-9-7-16-36(38)37-17-8-10-19-39(37)48/h1-29H. The van der Waals surface area contributed by atoms with Crippen LogP contribution in [0.25, 0.3) is 56.2 Å². The highest BCUT2D eigenvalue weighted by molar-refractivity contribution is 6.09. The van der Waals surface area contributed by atoms with E-state index >= 15 is 0 Å². The van der Waals surface area contributed by atoms with E-state index in [1.54, 1.807) is 18.5 Å². The van der Waals surface area contributed by atoms with Crippen molar-refractivity contribution in [1.29, 1.82) is 0 Å². The van der Waals surface area contributed by atoms with E-state index in [1.165, 1.54) is 21.8 Å². The Morgan fingerprint density at radius 2 is 0.857 bits per heavy atom. The molecular weight excluding hydrogens is 603 g/mol. The molecule has 9 aromatic rings. The molecule has 0 fully saturated rings. The maximum Gasteiger partial charge on any atom is 0.237 e.